The number of likely N-dealkylation sites (N-methyl/N-ethyl adjacent to an activating group) is 1. The van der Waals surface area contributed by atoms with Gasteiger partial charge < -0.3 is 14.4 Å². The molecule has 0 saturated carbocycles. The van der Waals surface area contributed by atoms with Crippen molar-refractivity contribution < 1.29 is 19.1 Å². The molecule has 1 aliphatic heterocycles. The number of hydrogen-bond acceptors (Lipinski definition) is 4. The molecule has 5 nitrogen and oxygen atoms in total. The second-order valence-electron chi connectivity index (χ2n) is 3.63. The van der Waals surface area contributed by atoms with E-state index in [-0.39, 0.29) is 11.7 Å². The van der Waals surface area contributed by atoms with Gasteiger partial charge in [-0.05, 0) is 0 Å². The summed E-state index contributed by atoms with van der Waals surface area (Å²) >= 11 is 0. The van der Waals surface area contributed by atoms with E-state index >= 15 is 0 Å². The van der Waals surface area contributed by atoms with E-state index in [9.17, 15) is 9.59 Å². The van der Waals surface area contributed by atoms with Crippen LogP contribution in [0.25, 0.3) is 0 Å². The van der Waals surface area contributed by atoms with E-state index in [0.29, 0.717) is 0 Å². The van der Waals surface area contributed by atoms with Crippen LogP contribution in [0, 0.1) is 0 Å². The number of carbonyl (C=O) groups excluding carboxylic acids is 2. The van der Waals surface area contributed by atoms with Gasteiger partial charge in [-0.25, -0.2) is 4.79 Å². The van der Waals surface area contributed by atoms with Gasteiger partial charge in [-0.15, -0.1) is 0 Å². The molecule has 0 aromatic rings. The van der Waals surface area contributed by atoms with Gasteiger partial charge in [0.15, 0.2) is 0 Å². The summed E-state index contributed by atoms with van der Waals surface area (Å²) in [5, 5.41) is 0. The molecule has 0 spiro atoms. The third-order valence-corrected chi connectivity index (χ3v) is 1.59. The van der Waals surface area contributed by atoms with Crippen LogP contribution < -0.4 is 0 Å². The van der Waals surface area contributed by atoms with Gasteiger partial charge in [0.2, 0.25) is 17.5 Å². The van der Waals surface area contributed by atoms with Crippen molar-refractivity contribution in [3.8, 4) is 0 Å². The molecular weight excluding hydrogens is 186 g/mol. The Labute approximate surface area is 82.3 Å². The van der Waals surface area contributed by atoms with Crippen LogP contribution in [0.15, 0.2) is 11.8 Å². The summed E-state index contributed by atoms with van der Waals surface area (Å²) in [6.07, 6.45) is 1.12. The Morgan fingerprint density at radius 2 is 1.93 bits per heavy atom. The molecular formula is C9H13NO4. The van der Waals surface area contributed by atoms with Crippen LogP contribution in [0.2, 0.25) is 0 Å². The standard InChI is InChI=1S/C9H13NO4/c1-9(2)13-6(8(12)14-9)5-7(11)10(3)4/h5H,1-4H3/b6-5-. The highest BCUT2D eigenvalue weighted by Gasteiger charge is 2.37. The summed E-state index contributed by atoms with van der Waals surface area (Å²) in [5.74, 6) is -1.94. The van der Waals surface area contributed by atoms with Crippen molar-refractivity contribution in [2.45, 2.75) is 19.6 Å². The van der Waals surface area contributed by atoms with E-state index in [4.69, 9.17) is 9.47 Å². The van der Waals surface area contributed by atoms with E-state index in [2.05, 4.69) is 0 Å². The zero-order chi connectivity index (χ0) is 10.9. The van der Waals surface area contributed by atoms with Crippen LogP contribution in [0.1, 0.15) is 13.8 Å². The first-order valence-corrected chi connectivity index (χ1v) is 4.17. The number of ether oxygens (including phenoxy) is 2. The number of carbonyl (C=O) groups is 2. The quantitative estimate of drug-likeness (QED) is 0.449. The number of hydrogen-bond donors (Lipinski definition) is 0. The van der Waals surface area contributed by atoms with Crippen molar-refractivity contribution in [3.05, 3.63) is 11.8 Å². The van der Waals surface area contributed by atoms with E-state index in [1.807, 2.05) is 0 Å². The number of cyclic esters (lactones) is 1. The first-order chi connectivity index (χ1) is 6.32. The lowest BCUT2D eigenvalue weighted by Gasteiger charge is -2.14. The maximum atomic E-state index is 11.2. The Kier molecular flexibility index (Phi) is 2.51. The molecule has 1 fully saturated rings. The molecule has 1 amide bonds. The lowest BCUT2D eigenvalue weighted by atomic mass is 10.4. The number of esters is 1. The van der Waals surface area contributed by atoms with Crippen LogP contribution in [0.4, 0.5) is 0 Å². The SMILES string of the molecule is CN(C)C(=O)/C=C1\OC(C)(C)OC1=O. The normalized spacial score (nSPS) is 21.7. The van der Waals surface area contributed by atoms with Crippen molar-refractivity contribution in [3.63, 3.8) is 0 Å². The fourth-order valence-electron chi connectivity index (χ4n) is 0.930. The summed E-state index contributed by atoms with van der Waals surface area (Å²) in [5.41, 5.74) is 0. The maximum absolute atomic E-state index is 11.2. The zero-order valence-electron chi connectivity index (χ0n) is 8.66. The summed E-state index contributed by atoms with van der Waals surface area (Å²) in [6, 6.07) is 0. The van der Waals surface area contributed by atoms with E-state index in [0.717, 1.165) is 6.08 Å². The van der Waals surface area contributed by atoms with Crippen LogP contribution in [0.3, 0.4) is 0 Å². The minimum absolute atomic E-state index is 0.0475. The molecule has 5 heteroatoms. The Morgan fingerprint density at radius 1 is 1.36 bits per heavy atom. The molecule has 0 N–H and O–H groups in total. The first kappa shape index (κ1) is 10.6. The predicted molar refractivity (Wildman–Crippen MR) is 48.0 cm³/mol. The summed E-state index contributed by atoms with van der Waals surface area (Å²) in [4.78, 5) is 23.7. The summed E-state index contributed by atoms with van der Waals surface area (Å²) < 4.78 is 9.97. The Balaban J connectivity index is 2.81. The molecule has 0 bridgehead atoms. The fraction of sp³-hybridized carbons (Fsp3) is 0.556. The molecule has 1 aliphatic rings. The molecule has 0 aliphatic carbocycles. The van der Waals surface area contributed by atoms with Crippen molar-refractivity contribution >= 4 is 11.9 Å². The highest BCUT2D eigenvalue weighted by molar-refractivity contribution is 5.97. The molecule has 0 unspecified atom stereocenters. The van der Waals surface area contributed by atoms with Crippen molar-refractivity contribution in [2.24, 2.45) is 0 Å². The zero-order valence-corrected chi connectivity index (χ0v) is 8.66. The average Bonchev–Trinajstić information content (AvgIpc) is 2.24. The van der Waals surface area contributed by atoms with Crippen LogP contribution in [0.5, 0.6) is 0 Å². The van der Waals surface area contributed by atoms with E-state index in [1.165, 1.54) is 4.90 Å². The van der Waals surface area contributed by atoms with E-state index < -0.39 is 11.8 Å². The topological polar surface area (TPSA) is 55.8 Å². The summed E-state index contributed by atoms with van der Waals surface area (Å²) in [7, 11) is 3.18. The first-order valence-electron chi connectivity index (χ1n) is 4.17. The van der Waals surface area contributed by atoms with Gasteiger partial charge in [-0.3, -0.25) is 4.79 Å². The third-order valence-electron chi connectivity index (χ3n) is 1.59. The molecule has 0 aromatic heterocycles. The minimum Gasteiger partial charge on any atom is -0.445 e. The Bertz CT molecular complexity index is 304. The molecule has 0 atom stereocenters. The smallest absolute Gasteiger partial charge is 0.377 e. The van der Waals surface area contributed by atoms with E-state index in [1.54, 1.807) is 27.9 Å². The molecule has 1 heterocycles. The van der Waals surface area contributed by atoms with Gasteiger partial charge in [-0.2, -0.15) is 0 Å². The Hall–Kier alpha value is -1.52. The molecule has 14 heavy (non-hydrogen) atoms. The lowest BCUT2D eigenvalue weighted by molar-refractivity contribution is -0.159. The molecule has 0 radical (unpaired) electrons. The number of nitrogens with zero attached hydrogens (tertiary/aromatic N) is 1. The van der Waals surface area contributed by atoms with Gasteiger partial charge in [-0.1, -0.05) is 0 Å². The highest BCUT2D eigenvalue weighted by Crippen LogP contribution is 2.25. The average molecular weight is 199 g/mol. The van der Waals surface area contributed by atoms with Gasteiger partial charge >= 0.3 is 5.97 Å². The molecule has 1 rings (SSSR count). The largest absolute Gasteiger partial charge is 0.445 e. The van der Waals surface area contributed by atoms with Gasteiger partial charge in [0, 0.05) is 27.9 Å². The third kappa shape index (κ3) is 2.25. The predicted octanol–water partition coefficient (Wildman–Crippen LogP) is 0.268. The van der Waals surface area contributed by atoms with Gasteiger partial charge in [0.05, 0.1) is 6.08 Å². The van der Waals surface area contributed by atoms with Crippen LogP contribution in [-0.2, 0) is 19.1 Å². The molecule has 78 valence electrons. The minimum atomic E-state index is -0.977. The maximum Gasteiger partial charge on any atom is 0.377 e. The Morgan fingerprint density at radius 3 is 2.29 bits per heavy atom. The van der Waals surface area contributed by atoms with Gasteiger partial charge in [0.1, 0.15) is 0 Å². The highest BCUT2D eigenvalue weighted by atomic mass is 16.8. The lowest BCUT2D eigenvalue weighted by Crippen LogP contribution is -2.21. The van der Waals surface area contributed by atoms with Crippen molar-refractivity contribution in [1.29, 1.82) is 0 Å². The monoisotopic (exact) mass is 199 g/mol. The molecule has 0 aromatic carbocycles. The second-order valence-corrected chi connectivity index (χ2v) is 3.63. The second kappa shape index (κ2) is 3.32. The van der Waals surface area contributed by atoms with Crippen molar-refractivity contribution in [1.82, 2.24) is 4.90 Å². The summed E-state index contributed by atoms with van der Waals surface area (Å²) in [6.45, 7) is 3.21. The number of rotatable bonds is 1. The molecule has 1 saturated heterocycles. The van der Waals surface area contributed by atoms with Crippen molar-refractivity contribution in [2.75, 3.05) is 14.1 Å². The number of amides is 1. The fourth-order valence-corrected chi connectivity index (χ4v) is 0.930. The van der Waals surface area contributed by atoms with Gasteiger partial charge in [0.25, 0.3) is 0 Å². The van der Waals surface area contributed by atoms with Crippen LogP contribution >= 0.6 is 0 Å². The van der Waals surface area contributed by atoms with Crippen LogP contribution in [-0.4, -0.2) is 36.7 Å².